The van der Waals surface area contributed by atoms with Crippen LogP contribution in [-0.2, 0) is 26.4 Å². The van der Waals surface area contributed by atoms with Gasteiger partial charge in [0, 0.05) is 0 Å². The van der Waals surface area contributed by atoms with Gasteiger partial charge in [0.05, 0.1) is 0 Å². The molecule has 0 spiro atoms. The van der Waals surface area contributed by atoms with E-state index in [1.54, 1.807) is 0 Å². The Labute approximate surface area is 75.3 Å². The quantitative estimate of drug-likeness (QED) is 0.759. The Morgan fingerprint density at radius 1 is 1.36 bits per heavy atom. The van der Waals surface area contributed by atoms with E-state index in [4.69, 9.17) is 0 Å². The van der Waals surface area contributed by atoms with Crippen LogP contribution in [0.1, 0.15) is 0 Å². The number of hydrogen-bond donors (Lipinski definition) is 1. The summed E-state index contributed by atoms with van der Waals surface area (Å²) in [4.78, 5) is 3.28. The van der Waals surface area contributed by atoms with Crippen molar-refractivity contribution in [2.75, 3.05) is 0 Å². The van der Waals surface area contributed by atoms with E-state index in [-0.39, 0.29) is 0 Å². The van der Waals surface area contributed by atoms with Gasteiger partial charge in [-0.15, -0.1) is 0 Å². The topological polar surface area (TPSA) is 20.7 Å². The SMILES string of the molecule is Cn1[c](=[Pt])[nH]c2ccccc21. The van der Waals surface area contributed by atoms with Gasteiger partial charge in [0.15, 0.2) is 0 Å². The van der Waals surface area contributed by atoms with E-state index in [1.807, 2.05) is 12.1 Å². The average molecular weight is 327 g/mol. The van der Waals surface area contributed by atoms with E-state index in [0.29, 0.717) is 0 Å². The van der Waals surface area contributed by atoms with E-state index in [0.717, 1.165) is 3.80 Å². The van der Waals surface area contributed by atoms with Gasteiger partial charge in [-0.3, -0.25) is 0 Å². The Bertz CT molecular complexity index is 439. The third-order valence-electron chi connectivity index (χ3n) is 1.77. The molecule has 0 unspecified atom stereocenters. The second-order valence-corrected chi connectivity index (χ2v) is 3.54. The summed E-state index contributed by atoms with van der Waals surface area (Å²) in [5.74, 6) is 0. The molecule has 1 N–H and O–H groups in total. The van der Waals surface area contributed by atoms with Gasteiger partial charge >= 0.3 is 75.1 Å². The molecule has 0 radical (unpaired) electrons. The molecule has 0 saturated carbocycles. The number of H-pyrrole nitrogens is 1. The number of para-hydroxylation sites is 2. The van der Waals surface area contributed by atoms with Crippen molar-refractivity contribution >= 4 is 11.0 Å². The number of hydrogen-bond acceptors (Lipinski definition) is 0. The van der Waals surface area contributed by atoms with Crippen LogP contribution in [-0.4, -0.2) is 9.55 Å². The van der Waals surface area contributed by atoms with Gasteiger partial charge in [0.1, 0.15) is 0 Å². The Morgan fingerprint density at radius 2 is 2.09 bits per heavy atom. The summed E-state index contributed by atoms with van der Waals surface area (Å²) >= 11 is 2.27. The minimum atomic E-state index is 1.16. The van der Waals surface area contributed by atoms with Gasteiger partial charge in [-0.25, -0.2) is 0 Å². The van der Waals surface area contributed by atoms with E-state index < -0.39 is 0 Å². The predicted octanol–water partition coefficient (Wildman–Crippen LogP) is 1.59. The van der Waals surface area contributed by atoms with Crippen LogP contribution in [0.2, 0.25) is 0 Å². The van der Waals surface area contributed by atoms with Crippen molar-refractivity contribution in [2.24, 2.45) is 7.05 Å². The third kappa shape index (κ3) is 1.02. The fourth-order valence-corrected chi connectivity index (χ4v) is 1.74. The molecule has 0 aliphatic rings. The molecular formula is C8H8N2Pt. The first-order valence-corrected chi connectivity index (χ1v) is 4.52. The summed E-state index contributed by atoms with van der Waals surface area (Å²) in [5.41, 5.74) is 2.44. The first-order chi connectivity index (χ1) is 5.29. The van der Waals surface area contributed by atoms with Crippen molar-refractivity contribution in [3.63, 3.8) is 0 Å². The zero-order chi connectivity index (χ0) is 7.84. The summed E-state index contributed by atoms with van der Waals surface area (Å²) in [7, 11) is 2.06. The summed E-state index contributed by atoms with van der Waals surface area (Å²) in [6.07, 6.45) is 0. The van der Waals surface area contributed by atoms with Crippen molar-refractivity contribution in [3.8, 4) is 0 Å². The number of fused-ring (bicyclic) bond motifs is 1. The van der Waals surface area contributed by atoms with Crippen LogP contribution in [0.25, 0.3) is 11.0 Å². The summed E-state index contributed by atoms with van der Waals surface area (Å²) in [6, 6.07) is 8.27. The number of nitrogens with zero attached hydrogens (tertiary/aromatic N) is 1. The summed E-state index contributed by atoms with van der Waals surface area (Å²) in [6.45, 7) is 0. The van der Waals surface area contributed by atoms with E-state index in [2.05, 4.69) is 48.1 Å². The Balaban J connectivity index is 3.04. The predicted molar refractivity (Wildman–Crippen MR) is 40.5 cm³/mol. The molecule has 0 bridgehead atoms. The van der Waals surface area contributed by atoms with E-state index in [1.165, 1.54) is 11.0 Å². The first kappa shape index (κ1) is 7.05. The number of benzene rings is 1. The molecule has 0 fully saturated rings. The number of aromatic nitrogens is 2. The number of imidazole rings is 1. The fourth-order valence-electron chi connectivity index (χ4n) is 1.16. The van der Waals surface area contributed by atoms with Crippen molar-refractivity contribution < 1.29 is 19.4 Å². The van der Waals surface area contributed by atoms with E-state index in [9.17, 15) is 0 Å². The standard InChI is InChI=1S/C8H8N2.Pt/c1-10-6-9-7-4-2-3-5-8(7)10;/h2-5,9H,1H3;. The number of rotatable bonds is 0. The summed E-state index contributed by atoms with van der Waals surface area (Å²) < 4.78 is 3.29. The van der Waals surface area contributed by atoms with Gasteiger partial charge in [-0.2, -0.15) is 0 Å². The first-order valence-electron chi connectivity index (χ1n) is 3.38. The average Bonchev–Trinajstić information content (AvgIpc) is 2.30. The molecule has 1 aromatic heterocycles. The van der Waals surface area contributed by atoms with Crippen molar-refractivity contribution in [3.05, 3.63) is 28.1 Å². The maximum atomic E-state index is 3.28. The molecule has 2 rings (SSSR count). The van der Waals surface area contributed by atoms with Gasteiger partial charge in [0.2, 0.25) is 0 Å². The van der Waals surface area contributed by atoms with Crippen LogP contribution in [0.4, 0.5) is 0 Å². The van der Waals surface area contributed by atoms with Crippen molar-refractivity contribution in [1.82, 2.24) is 9.55 Å². The normalized spacial score (nSPS) is 10.8. The van der Waals surface area contributed by atoms with Crippen LogP contribution in [0, 0.1) is 3.80 Å². The molecule has 2 nitrogen and oxygen atoms in total. The van der Waals surface area contributed by atoms with Crippen LogP contribution in [0.5, 0.6) is 0 Å². The molecular weight excluding hydrogens is 319 g/mol. The molecule has 3 heteroatoms. The minimum absolute atomic E-state index is 1.16. The molecule has 0 amide bonds. The van der Waals surface area contributed by atoms with Crippen LogP contribution >= 0.6 is 0 Å². The fraction of sp³-hybridized carbons (Fsp3) is 0.125. The molecule has 0 aliphatic carbocycles. The zero-order valence-electron chi connectivity index (χ0n) is 6.07. The number of nitrogens with one attached hydrogen (secondary N) is 1. The molecule has 0 atom stereocenters. The van der Waals surface area contributed by atoms with E-state index >= 15 is 0 Å². The molecule has 11 heavy (non-hydrogen) atoms. The molecule has 60 valence electrons. The van der Waals surface area contributed by atoms with Crippen LogP contribution in [0.15, 0.2) is 24.3 Å². The third-order valence-corrected chi connectivity index (χ3v) is 2.82. The Kier molecular flexibility index (Phi) is 1.57. The Hall–Kier alpha value is -0.622. The van der Waals surface area contributed by atoms with Gasteiger partial charge in [-0.05, 0) is 0 Å². The molecule has 0 saturated heterocycles. The molecule has 2 aromatic rings. The van der Waals surface area contributed by atoms with Crippen LogP contribution < -0.4 is 0 Å². The monoisotopic (exact) mass is 327 g/mol. The second-order valence-electron chi connectivity index (χ2n) is 2.46. The zero-order valence-corrected chi connectivity index (χ0v) is 8.35. The molecule has 0 aliphatic heterocycles. The number of aryl methyl sites for hydroxylation is 1. The van der Waals surface area contributed by atoms with Crippen molar-refractivity contribution in [1.29, 1.82) is 0 Å². The number of aromatic amines is 1. The van der Waals surface area contributed by atoms with Gasteiger partial charge in [0.25, 0.3) is 0 Å². The molecule has 1 heterocycles. The molecule has 1 aromatic carbocycles. The Morgan fingerprint density at radius 3 is 2.82 bits per heavy atom. The van der Waals surface area contributed by atoms with Gasteiger partial charge in [-0.1, -0.05) is 0 Å². The van der Waals surface area contributed by atoms with Crippen LogP contribution in [0.3, 0.4) is 0 Å². The summed E-state index contributed by atoms with van der Waals surface area (Å²) in [5, 5.41) is 0. The second kappa shape index (κ2) is 2.45. The maximum absolute atomic E-state index is 3.28. The van der Waals surface area contributed by atoms with Gasteiger partial charge < -0.3 is 0 Å². The van der Waals surface area contributed by atoms with Crippen molar-refractivity contribution in [2.45, 2.75) is 0 Å².